The predicted molar refractivity (Wildman–Crippen MR) is 104 cm³/mol. The van der Waals surface area contributed by atoms with Crippen LogP contribution in [0, 0.1) is 11.8 Å². The number of fused-ring (bicyclic) bond motifs is 4. The third kappa shape index (κ3) is 3.92. The van der Waals surface area contributed by atoms with Crippen molar-refractivity contribution in [3.63, 3.8) is 0 Å². The summed E-state index contributed by atoms with van der Waals surface area (Å²) >= 11 is 0. The fourth-order valence-corrected chi connectivity index (χ4v) is 4.83. The molecule has 3 saturated heterocycles. The molecule has 5 rings (SSSR count). The lowest BCUT2D eigenvalue weighted by molar-refractivity contribution is -0.0104. The molecule has 1 aromatic rings. The van der Waals surface area contributed by atoms with E-state index in [4.69, 9.17) is 9.47 Å². The maximum atomic E-state index is 12.5. The Bertz CT molecular complexity index is 677. The normalized spacial score (nSPS) is 28.6. The van der Waals surface area contributed by atoms with E-state index in [1.165, 1.54) is 32.5 Å². The van der Waals surface area contributed by atoms with E-state index in [2.05, 4.69) is 29.0 Å². The van der Waals surface area contributed by atoms with E-state index >= 15 is 0 Å². The number of carbonyl (C=O) groups is 1. The number of nitrogens with zero attached hydrogens (tertiary/aromatic N) is 2. The highest BCUT2D eigenvalue weighted by Gasteiger charge is 2.40. The van der Waals surface area contributed by atoms with Gasteiger partial charge in [0.15, 0.2) is 11.5 Å². The fraction of sp³-hybridized carbons (Fsp3) is 0.667. The molecule has 0 saturated carbocycles. The van der Waals surface area contributed by atoms with Crippen LogP contribution < -0.4 is 14.8 Å². The fourth-order valence-electron chi connectivity index (χ4n) is 4.83. The SMILES string of the molecule is CCN(CC)C[C@@H]1CN2CC[C@H]1C[C@@H]2CNC(=O)c1ccc2c(c1)OCO2. The third-order valence-corrected chi connectivity index (χ3v) is 6.53. The van der Waals surface area contributed by atoms with Gasteiger partial charge in [-0.3, -0.25) is 9.69 Å². The number of hydrogen-bond acceptors (Lipinski definition) is 5. The molecule has 2 bridgehead atoms. The van der Waals surface area contributed by atoms with Crippen LogP contribution in [0.2, 0.25) is 0 Å². The second-order valence-electron chi connectivity index (χ2n) is 7.96. The highest BCUT2D eigenvalue weighted by molar-refractivity contribution is 5.94. The molecule has 6 heteroatoms. The third-order valence-electron chi connectivity index (χ3n) is 6.53. The van der Waals surface area contributed by atoms with Crippen molar-refractivity contribution < 1.29 is 14.3 Å². The maximum Gasteiger partial charge on any atom is 0.251 e. The van der Waals surface area contributed by atoms with E-state index in [1.807, 2.05) is 0 Å². The molecule has 4 aliphatic rings. The quantitative estimate of drug-likeness (QED) is 0.794. The van der Waals surface area contributed by atoms with Gasteiger partial charge in [-0.05, 0) is 62.5 Å². The highest BCUT2D eigenvalue weighted by atomic mass is 16.7. The van der Waals surface area contributed by atoms with Crippen LogP contribution in [0.25, 0.3) is 0 Å². The Morgan fingerprint density at radius 2 is 2.07 bits per heavy atom. The summed E-state index contributed by atoms with van der Waals surface area (Å²) < 4.78 is 10.7. The summed E-state index contributed by atoms with van der Waals surface area (Å²) in [5.74, 6) is 2.90. The van der Waals surface area contributed by atoms with Gasteiger partial charge in [-0.1, -0.05) is 13.8 Å². The smallest absolute Gasteiger partial charge is 0.251 e. The van der Waals surface area contributed by atoms with Gasteiger partial charge in [0.2, 0.25) is 6.79 Å². The molecule has 4 heterocycles. The number of ether oxygens (including phenoxy) is 2. The Morgan fingerprint density at radius 1 is 1.26 bits per heavy atom. The van der Waals surface area contributed by atoms with E-state index in [1.54, 1.807) is 18.2 Å². The summed E-state index contributed by atoms with van der Waals surface area (Å²) in [5.41, 5.74) is 0.634. The van der Waals surface area contributed by atoms with Crippen LogP contribution >= 0.6 is 0 Å². The second-order valence-corrected chi connectivity index (χ2v) is 7.96. The van der Waals surface area contributed by atoms with E-state index in [9.17, 15) is 4.79 Å². The van der Waals surface area contributed by atoms with Crippen molar-refractivity contribution in [2.24, 2.45) is 11.8 Å². The molecule has 6 nitrogen and oxygen atoms in total. The number of hydrogen-bond donors (Lipinski definition) is 1. The summed E-state index contributed by atoms with van der Waals surface area (Å²) in [4.78, 5) is 17.7. The van der Waals surface area contributed by atoms with E-state index in [0.717, 1.165) is 31.5 Å². The first-order valence-electron chi connectivity index (χ1n) is 10.3. The van der Waals surface area contributed by atoms with Crippen molar-refractivity contribution in [2.75, 3.05) is 46.1 Å². The lowest BCUT2D eigenvalue weighted by Crippen LogP contribution is -2.58. The molecule has 27 heavy (non-hydrogen) atoms. The molecule has 0 aromatic heterocycles. The number of piperidine rings is 3. The molecule has 148 valence electrons. The summed E-state index contributed by atoms with van der Waals surface area (Å²) in [6.07, 6.45) is 2.51. The van der Waals surface area contributed by atoms with E-state index < -0.39 is 0 Å². The van der Waals surface area contributed by atoms with Gasteiger partial charge in [-0.2, -0.15) is 0 Å². The summed E-state index contributed by atoms with van der Waals surface area (Å²) in [6, 6.07) is 5.84. The molecular formula is C21H31N3O3. The largest absolute Gasteiger partial charge is 0.454 e. The number of rotatable bonds is 7. The molecule has 0 radical (unpaired) electrons. The summed E-state index contributed by atoms with van der Waals surface area (Å²) in [5, 5.41) is 3.14. The second kappa shape index (κ2) is 8.07. The van der Waals surface area contributed by atoms with Gasteiger partial charge in [0, 0.05) is 31.2 Å². The van der Waals surface area contributed by atoms with E-state index in [-0.39, 0.29) is 12.7 Å². The van der Waals surface area contributed by atoms with Crippen LogP contribution in [0.5, 0.6) is 11.5 Å². The molecule has 1 unspecified atom stereocenters. The van der Waals surface area contributed by atoms with Crippen molar-refractivity contribution in [3.05, 3.63) is 23.8 Å². The van der Waals surface area contributed by atoms with Gasteiger partial charge in [-0.15, -0.1) is 0 Å². The first-order valence-corrected chi connectivity index (χ1v) is 10.3. The Labute approximate surface area is 161 Å². The van der Waals surface area contributed by atoms with Crippen LogP contribution in [0.4, 0.5) is 0 Å². The maximum absolute atomic E-state index is 12.5. The van der Waals surface area contributed by atoms with Crippen molar-refractivity contribution >= 4 is 5.91 Å². The standard InChI is InChI=1S/C21H31N3O3/c1-3-23(4-2)12-17-13-24-8-7-15(17)9-18(24)11-22-21(25)16-5-6-19-20(10-16)27-14-26-19/h5-6,10,15,17-18H,3-4,7-9,11-14H2,1-2H3,(H,22,25)/t15-,17+,18+/m0/s1. The zero-order valence-electron chi connectivity index (χ0n) is 16.4. The molecule has 0 spiro atoms. The minimum absolute atomic E-state index is 0.0318. The van der Waals surface area contributed by atoms with Crippen molar-refractivity contribution in [2.45, 2.75) is 32.7 Å². The van der Waals surface area contributed by atoms with Crippen molar-refractivity contribution in [1.29, 1.82) is 0 Å². The van der Waals surface area contributed by atoms with Crippen LogP contribution in [0.1, 0.15) is 37.0 Å². The summed E-state index contributed by atoms with van der Waals surface area (Å²) in [7, 11) is 0. The van der Waals surface area contributed by atoms with Crippen molar-refractivity contribution in [1.82, 2.24) is 15.1 Å². The molecule has 4 atom stereocenters. The zero-order chi connectivity index (χ0) is 18.8. The minimum atomic E-state index is -0.0318. The number of nitrogens with one attached hydrogen (secondary N) is 1. The van der Waals surface area contributed by atoms with Crippen LogP contribution in [-0.2, 0) is 0 Å². The zero-order valence-corrected chi connectivity index (χ0v) is 16.4. The Kier molecular flexibility index (Phi) is 5.55. The number of benzene rings is 1. The van der Waals surface area contributed by atoms with Gasteiger partial charge in [-0.25, -0.2) is 0 Å². The first-order chi connectivity index (χ1) is 13.2. The average molecular weight is 373 g/mol. The van der Waals surface area contributed by atoms with Crippen LogP contribution in [0.15, 0.2) is 18.2 Å². The minimum Gasteiger partial charge on any atom is -0.454 e. The molecule has 3 fully saturated rings. The van der Waals surface area contributed by atoms with Gasteiger partial charge < -0.3 is 19.7 Å². The van der Waals surface area contributed by atoms with Crippen LogP contribution in [0.3, 0.4) is 0 Å². The Morgan fingerprint density at radius 3 is 2.81 bits per heavy atom. The number of carbonyl (C=O) groups excluding carboxylic acids is 1. The topological polar surface area (TPSA) is 54.0 Å². The molecule has 1 N–H and O–H groups in total. The number of amides is 1. The predicted octanol–water partition coefficient (Wildman–Crippen LogP) is 2.20. The highest BCUT2D eigenvalue weighted by Crippen LogP contribution is 2.36. The average Bonchev–Trinajstić information content (AvgIpc) is 3.18. The Balaban J connectivity index is 1.30. The lowest BCUT2D eigenvalue weighted by Gasteiger charge is -2.51. The lowest BCUT2D eigenvalue weighted by atomic mass is 9.75. The molecule has 1 aromatic carbocycles. The Hall–Kier alpha value is -1.79. The summed E-state index contributed by atoms with van der Waals surface area (Å²) in [6.45, 7) is 11.3. The van der Waals surface area contributed by atoms with E-state index in [0.29, 0.717) is 23.1 Å². The first kappa shape index (κ1) is 18.6. The van der Waals surface area contributed by atoms with Crippen LogP contribution in [-0.4, -0.2) is 67.8 Å². The van der Waals surface area contributed by atoms with Gasteiger partial charge in [0.1, 0.15) is 0 Å². The van der Waals surface area contributed by atoms with Crippen molar-refractivity contribution in [3.8, 4) is 11.5 Å². The monoisotopic (exact) mass is 373 g/mol. The molecule has 4 aliphatic heterocycles. The van der Waals surface area contributed by atoms with Gasteiger partial charge >= 0.3 is 0 Å². The molecular weight excluding hydrogens is 342 g/mol. The van der Waals surface area contributed by atoms with Gasteiger partial charge in [0.05, 0.1) is 0 Å². The molecule has 0 aliphatic carbocycles. The van der Waals surface area contributed by atoms with Gasteiger partial charge in [0.25, 0.3) is 5.91 Å². The molecule has 1 amide bonds.